The Hall–Kier alpha value is -2.38. The zero-order valence-corrected chi connectivity index (χ0v) is 22.2. The van der Waals surface area contributed by atoms with Crippen molar-refractivity contribution in [2.24, 2.45) is 5.92 Å². The Bertz CT molecular complexity index is 871. The summed E-state index contributed by atoms with van der Waals surface area (Å²) in [6.45, 7) is 10.7. The van der Waals surface area contributed by atoms with Crippen LogP contribution in [0, 0.1) is 5.92 Å². The van der Waals surface area contributed by atoms with Gasteiger partial charge in [0.05, 0.1) is 13.7 Å². The molecule has 194 valence electrons. The number of benzene rings is 1. The van der Waals surface area contributed by atoms with Crippen LogP contribution in [-0.2, 0) is 16.1 Å². The van der Waals surface area contributed by atoms with Gasteiger partial charge in [0.15, 0.2) is 0 Å². The normalized spacial score (nSPS) is 18.9. The van der Waals surface area contributed by atoms with Crippen LogP contribution in [0.4, 0.5) is 4.79 Å². The summed E-state index contributed by atoms with van der Waals surface area (Å²) in [5, 5.41) is 0. The minimum atomic E-state index is -0.737. The fraction of sp³-hybridized carbons (Fsp3) is 0.643. The molecule has 7 nitrogen and oxygen atoms in total. The summed E-state index contributed by atoms with van der Waals surface area (Å²) >= 11 is 0. The largest absolute Gasteiger partial charge is 0.497 e. The Kier molecular flexibility index (Phi) is 9.75. The van der Waals surface area contributed by atoms with Crippen LogP contribution in [0.25, 0.3) is 0 Å². The molecule has 2 aliphatic rings. The van der Waals surface area contributed by atoms with Crippen LogP contribution in [0.15, 0.2) is 35.9 Å². The molecule has 1 atom stereocenters. The van der Waals surface area contributed by atoms with E-state index in [4.69, 9.17) is 9.47 Å². The molecule has 35 heavy (non-hydrogen) atoms. The highest BCUT2D eigenvalue weighted by atomic mass is 16.5. The lowest BCUT2D eigenvalue weighted by molar-refractivity contribution is -0.136. The summed E-state index contributed by atoms with van der Waals surface area (Å²) in [6.07, 6.45) is 6.68. The van der Waals surface area contributed by atoms with E-state index in [1.807, 2.05) is 29.2 Å². The topological polar surface area (TPSA) is 62.3 Å². The maximum Gasteiger partial charge on any atom is 0.327 e. The third-order valence-electron chi connectivity index (χ3n) is 7.32. The predicted octanol–water partition coefficient (Wildman–Crippen LogP) is 4.71. The van der Waals surface area contributed by atoms with E-state index in [1.54, 1.807) is 14.2 Å². The number of ether oxygens (including phenoxy) is 2. The molecule has 0 saturated carbocycles. The SMILES string of the molecule is COCCCN1C(=O)N(Cc2ccc(OC)cc2)C(=O)C12CCN(CC(C)CCC=C(C)C)CC2. The molecular weight excluding hydrogens is 442 g/mol. The summed E-state index contributed by atoms with van der Waals surface area (Å²) in [5.41, 5.74) is 1.55. The Morgan fingerprint density at radius 1 is 1.11 bits per heavy atom. The fourth-order valence-electron chi connectivity index (χ4n) is 5.29. The molecule has 2 fully saturated rings. The first-order chi connectivity index (χ1) is 16.8. The molecule has 0 bridgehead atoms. The molecule has 0 N–H and O–H groups in total. The van der Waals surface area contributed by atoms with E-state index in [0.29, 0.717) is 31.9 Å². The van der Waals surface area contributed by atoms with Crippen molar-refractivity contribution in [3.8, 4) is 5.75 Å². The van der Waals surface area contributed by atoms with Crippen molar-refractivity contribution in [2.75, 3.05) is 47.0 Å². The van der Waals surface area contributed by atoms with E-state index < -0.39 is 5.54 Å². The molecular formula is C28H43N3O4. The van der Waals surface area contributed by atoms with Crippen molar-refractivity contribution in [3.05, 3.63) is 41.5 Å². The third-order valence-corrected chi connectivity index (χ3v) is 7.32. The second kappa shape index (κ2) is 12.5. The lowest BCUT2D eigenvalue weighted by atomic mass is 9.85. The number of methoxy groups -OCH3 is 2. The number of hydrogen-bond acceptors (Lipinski definition) is 5. The van der Waals surface area contributed by atoms with Gasteiger partial charge >= 0.3 is 6.03 Å². The molecule has 1 unspecified atom stereocenters. The van der Waals surface area contributed by atoms with Gasteiger partial charge in [-0.05, 0) is 69.6 Å². The molecule has 0 aliphatic carbocycles. The molecule has 7 heteroatoms. The number of piperidine rings is 1. The number of nitrogens with zero attached hydrogens (tertiary/aromatic N) is 3. The molecule has 3 rings (SSSR count). The number of urea groups is 1. The second-order valence-electron chi connectivity index (χ2n) is 10.3. The molecule has 1 aromatic rings. The van der Waals surface area contributed by atoms with Gasteiger partial charge in [-0.1, -0.05) is 30.7 Å². The monoisotopic (exact) mass is 485 g/mol. The molecule has 1 aromatic carbocycles. The Labute approximate surface area is 211 Å². The van der Waals surface area contributed by atoms with Crippen LogP contribution < -0.4 is 4.74 Å². The first kappa shape index (κ1) is 27.2. The van der Waals surface area contributed by atoms with Crippen LogP contribution in [-0.4, -0.2) is 79.2 Å². The Balaban J connectivity index is 1.68. The van der Waals surface area contributed by atoms with Crippen LogP contribution in [0.3, 0.4) is 0 Å². The first-order valence-electron chi connectivity index (χ1n) is 12.9. The van der Waals surface area contributed by atoms with E-state index in [-0.39, 0.29) is 18.5 Å². The van der Waals surface area contributed by atoms with E-state index >= 15 is 0 Å². The number of amides is 3. The zero-order chi connectivity index (χ0) is 25.4. The minimum Gasteiger partial charge on any atom is -0.497 e. The smallest absolute Gasteiger partial charge is 0.327 e. The quantitative estimate of drug-likeness (QED) is 0.244. The Morgan fingerprint density at radius 3 is 2.40 bits per heavy atom. The minimum absolute atomic E-state index is 0.0491. The molecule has 0 radical (unpaired) electrons. The molecule has 3 amide bonds. The van der Waals surface area contributed by atoms with Gasteiger partial charge in [0.1, 0.15) is 11.3 Å². The average Bonchev–Trinajstić information content (AvgIpc) is 3.02. The summed E-state index contributed by atoms with van der Waals surface area (Å²) in [6, 6.07) is 7.39. The van der Waals surface area contributed by atoms with Crippen LogP contribution in [0.1, 0.15) is 58.4 Å². The van der Waals surface area contributed by atoms with Crippen molar-refractivity contribution in [1.29, 1.82) is 0 Å². The highest BCUT2D eigenvalue weighted by molar-refractivity contribution is 6.07. The summed E-state index contributed by atoms with van der Waals surface area (Å²) in [5.74, 6) is 1.31. The molecule has 0 aromatic heterocycles. The molecule has 1 spiro atoms. The maximum atomic E-state index is 13.8. The lowest BCUT2D eigenvalue weighted by Gasteiger charge is -2.42. The number of carbonyl (C=O) groups is 2. The van der Waals surface area contributed by atoms with Gasteiger partial charge in [0.25, 0.3) is 5.91 Å². The Morgan fingerprint density at radius 2 is 1.80 bits per heavy atom. The van der Waals surface area contributed by atoms with Crippen LogP contribution in [0.2, 0.25) is 0 Å². The number of likely N-dealkylation sites (tertiary alicyclic amines) is 1. The van der Waals surface area contributed by atoms with Gasteiger partial charge in [-0.2, -0.15) is 0 Å². The number of rotatable bonds is 12. The maximum absolute atomic E-state index is 13.8. The van der Waals surface area contributed by atoms with Crippen LogP contribution in [0.5, 0.6) is 5.75 Å². The second-order valence-corrected chi connectivity index (χ2v) is 10.3. The number of allylic oxidation sites excluding steroid dienone is 2. The van der Waals surface area contributed by atoms with Gasteiger partial charge in [-0.15, -0.1) is 0 Å². The summed E-state index contributed by atoms with van der Waals surface area (Å²) in [4.78, 5) is 33.0. The lowest BCUT2D eigenvalue weighted by Crippen LogP contribution is -2.57. The number of hydrogen-bond donors (Lipinski definition) is 0. The van der Waals surface area contributed by atoms with Gasteiger partial charge in [-0.3, -0.25) is 9.69 Å². The highest BCUT2D eigenvalue weighted by Gasteiger charge is 2.57. The number of imide groups is 1. The summed E-state index contributed by atoms with van der Waals surface area (Å²) < 4.78 is 10.5. The first-order valence-corrected chi connectivity index (χ1v) is 12.9. The molecule has 2 heterocycles. The van der Waals surface area contributed by atoms with E-state index in [2.05, 4.69) is 31.7 Å². The van der Waals surface area contributed by atoms with Crippen molar-refractivity contribution in [3.63, 3.8) is 0 Å². The molecule has 2 aliphatic heterocycles. The molecule has 2 saturated heterocycles. The van der Waals surface area contributed by atoms with E-state index in [0.717, 1.165) is 43.8 Å². The number of carbonyl (C=O) groups excluding carboxylic acids is 2. The van der Waals surface area contributed by atoms with Gasteiger partial charge in [0.2, 0.25) is 0 Å². The van der Waals surface area contributed by atoms with Crippen molar-refractivity contribution >= 4 is 11.9 Å². The van der Waals surface area contributed by atoms with Crippen molar-refractivity contribution in [2.45, 2.75) is 65.0 Å². The van der Waals surface area contributed by atoms with Crippen molar-refractivity contribution in [1.82, 2.24) is 14.7 Å². The van der Waals surface area contributed by atoms with Crippen LogP contribution >= 0.6 is 0 Å². The van der Waals surface area contributed by atoms with Gasteiger partial charge in [0, 0.05) is 39.9 Å². The fourth-order valence-corrected chi connectivity index (χ4v) is 5.29. The highest BCUT2D eigenvalue weighted by Crippen LogP contribution is 2.38. The standard InChI is InChI=1S/C28H43N3O4/c1-22(2)8-6-9-23(3)20-29-17-14-28(15-18-29)26(32)30(27(33)31(28)16-7-19-34-4)21-24-10-12-25(35-5)13-11-24/h8,10-13,23H,6-7,9,14-21H2,1-5H3. The van der Waals surface area contributed by atoms with Crippen molar-refractivity contribution < 1.29 is 19.1 Å². The third kappa shape index (κ3) is 6.64. The summed E-state index contributed by atoms with van der Waals surface area (Å²) in [7, 11) is 3.29. The van der Waals surface area contributed by atoms with E-state index in [9.17, 15) is 9.59 Å². The zero-order valence-electron chi connectivity index (χ0n) is 22.2. The van der Waals surface area contributed by atoms with Gasteiger partial charge < -0.3 is 19.3 Å². The predicted molar refractivity (Wildman–Crippen MR) is 138 cm³/mol. The average molecular weight is 486 g/mol. The van der Waals surface area contributed by atoms with E-state index in [1.165, 1.54) is 16.9 Å². The van der Waals surface area contributed by atoms with Gasteiger partial charge in [-0.25, -0.2) is 4.79 Å².